The number of methoxy groups -OCH3 is 1. The third kappa shape index (κ3) is 7.07. The van der Waals surface area contributed by atoms with Crippen LogP contribution in [0.1, 0.15) is 81.6 Å². The van der Waals surface area contributed by atoms with Crippen LogP contribution in [0.5, 0.6) is 5.75 Å². The summed E-state index contributed by atoms with van der Waals surface area (Å²) in [7, 11) is 1.65. The van der Waals surface area contributed by atoms with Gasteiger partial charge in [0.15, 0.2) is 22.8 Å². The number of pyridine rings is 1. The van der Waals surface area contributed by atoms with E-state index in [1.807, 2.05) is 40.9 Å². The first-order chi connectivity index (χ1) is 21.2. The lowest BCUT2D eigenvalue weighted by atomic mass is 9.81. The van der Waals surface area contributed by atoms with Crippen molar-refractivity contribution < 1.29 is 19.4 Å². The lowest BCUT2D eigenvalue weighted by Gasteiger charge is -2.41. The maximum Gasteiger partial charge on any atom is 0.337 e. The van der Waals surface area contributed by atoms with Crippen molar-refractivity contribution in [2.45, 2.75) is 91.1 Å². The van der Waals surface area contributed by atoms with E-state index in [9.17, 15) is 9.90 Å². The number of thioether (sulfide) groups is 1. The Morgan fingerprint density at radius 1 is 1.04 bits per heavy atom. The molecule has 0 saturated carbocycles. The molecule has 3 aromatic rings. The zero-order chi connectivity index (χ0) is 32.7. The van der Waals surface area contributed by atoms with Crippen LogP contribution < -0.4 is 14.5 Å². The highest BCUT2D eigenvalue weighted by Gasteiger charge is 2.36. The molecule has 2 aromatic heterocycles. The molecule has 1 N–H and O–H groups in total. The molecule has 1 fully saturated rings. The number of nitrogens with zero attached hydrogens (tertiary/aromatic N) is 5. The van der Waals surface area contributed by atoms with Gasteiger partial charge in [-0.25, -0.2) is 14.8 Å². The van der Waals surface area contributed by atoms with Crippen molar-refractivity contribution in [2.24, 2.45) is 5.41 Å². The molecular formula is C35H47N5O4S. The number of aryl methyl sites for hydroxylation is 2. The monoisotopic (exact) mass is 633 g/mol. The summed E-state index contributed by atoms with van der Waals surface area (Å²) in [6, 6.07) is 6.63. The first kappa shape index (κ1) is 33.0. The normalized spacial score (nSPS) is 17.2. The third-order valence-corrected chi connectivity index (χ3v) is 9.46. The maximum atomic E-state index is 12.8. The van der Waals surface area contributed by atoms with Crippen molar-refractivity contribution in [3.63, 3.8) is 0 Å². The molecule has 2 aliphatic rings. The van der Waals surface area contributed by atoms with E-state index in [1.54, 1.807) is 13.3 Å². The van der Waals surface area contributed by atoms with Gasteiger partial charge in [0.05, 0.1) is 24.6 Å². The second-order valence-corrected chi connectivity index (χ2v) is 14.7. The van der Waals surface area contributed by atoms with Crippen LogP contribution in [0.3, 0.4) is 0 Å². The molecular weight excluding hydrogens is 586 g/mol. The fourth-order valence-electron chi connectivity index (χ4n) is 6.46. The molecule has 10 heteroatoms. The largest absolute Gasteiger partial charge is 0.491 e. The minimum absolute atomic E-state index is 0.239. The molecule has 45 heavy (non-hydrogen) atoms. The van der Waals surface area contributed by atoms with Crippen LogP contribution in [-0.4, -0.2) is 64.6 Å². The first-order valence-corrected chi connectivity index (χ1v) is 16.9. The Labute approximate surface area is 271 Å². The molecule has 0 amide bonds. The van der Waals surface area contributed by atoms with Gasteiger partial charge in [0.25, 0.3) is 0 Å². The number of benzene rings is 1. The van der Waals surface area contributed by atoms with Gasteiger partial charge in [-0.3, -0.25) is 4.98 Å². The van der Waals surface area contributed by atoms with Gasteiger partial charge in [-0.05, 0) is 82.2 Å². The number of carboxylic acids is 1. The van der Waals surface area contributed by atoms with E-state index in [2.05, 4.69) is 46.8 Å². The van der Waals surface area contributed by atoms with Gasteiger partial charge in [-0.1, -0.05) is 43.8 Å². The lowest BCUT2D eigenvalue weighted by molar-refractivity contribution is -0.160. The summed E-state index contributed by atoms with van der Waals surface area (Å²) in [6.07, 6.45) is 5.47. The summed E-state index contributed by atoms with van der Waals surface area (Å²) in [5.74, 6) is 0.476. The van der Waals surface area contributed by atoms with Gasteiger partial charge in [-0.2, -0.15) is 0 Å². The number of piperidine rings is 1. The standard InChI is InChI=1S/C35H47N5O4S/c1-21-27(24-10-11-25-20-40(15-12-23(25)18-24)31-26(43-8)19-36-33(38-31)45-9)29(39-16-13-35(6,7)14-17-39)28(22(2)37-21)30(32(41)42)44-34(3,4)5/h10-11,18-19,30H,12-17,20H2,1-9H3,(H,41,42)/t30-/m0/s1. The molecule has 1 aromatic carbocycles. The second-order valence-electron chi connectivity index (χ2n) is 13.9. The number of carbonyl (C=O) groups is 1. The lowest BCUT2D eigenvalue weighted by Crippen LogP contribution is -2.39. The third-order valence-electron chi connectivity index (χ3n) is 8.89. The SMILES string of the molecule is COc1cnc(SC)nc1N1CCc2cc(-c3c(C)nc(C)c([C@H](OC(C)(C)C)C(=O)O)c3N3CCC(C)(C)CC3)ccc2C1. The fourth-order valence-corrected chi connectivity index (χ4v) is 6.80. The highest BCUT2D eigenvalue weighted by Crippen LogP contribution is 2.45. The van der Waals surface area contributed by atoms with Crippen LogP contribution >= 0.6 is 11.8 Å². The van der Waals surface area contributed by atoms with Crippen molar-refractivity contribution >= 4 is 29.2 Å². The molecule has 5 rings (SSSR count). The number of anilines is 2. The average Bonchev–Trinajstić information content (AvgIpc) is 2.98. The molecule has 1 atom stereocenters. The Morgan fingerprint density at radius 3 is 2.38 bits per heavy atom. The average molecular weight is 634 g/mol. The summed E-state index contributed by atoms with van der Waals surface area (Å²) < 4.78 is 11.9. The molecule has 0 radical (unpaired) electrons. The molecule has 2 aliphatic heterocycles. The van der Waals surface area contributed by atoms with E-state index >= 15 is 0 Å². The van der Waals surface area contributed by atoms with Crippen molar-refractivity contribution in [1.82, 2.24) is 15.0 Å². The highest BCUT2D eigenvalue weighted by atomic mass is 32.2. The summed E-state index contributed by atoms with van der Waals surface area (Å²) in [5, 5.41) is 11.2. The van der Waals surface area contributed by atoms with Crippen molar-refractivity contribution in [2.75, 3.05) is 42.8 Å². The number of ether oxygens (including phenoxy) is 2. The second kappa shape index (κ2) is 12.8. The van der Waals surface area contributed by atoms with Crippen LogP contribution in [-0.2, 0) is 22.5 Å². The number of hydrogen-bond acceptors (Lipinski definition) is 9. The van der Waals surface area contributed by atoms with Gasteiger partial charge < -0.3 is 24.4 Å². The minimum Gasteiger partial charge on any atom is -0.491 e. The van der Waals surface area contributed by atoms with Gasteiger partial charge in [0, 0.05) is 48.7 Å². The Kier molecular flexibility index (Phi) is 9.38. The molecule has 0 unspecified atom stereocenters. The number of rotatable bonds is 8. The number of fused-ring (bicyclic) bond motifs is 1. The van der Waals surface area contributed by atoms with E-state index in [1.165, 1.54) is 22.9 Å². The van der Waals surface area contributed by atoms with Crippen molar-refractivity contribution in [3.05, 3.63) is 52.5 Å². The Morgan fingerprint density at radius 2 is 1.76 bits per heavy atom. The Bertz CT molecular complexity index is 1580. The highest BCUT2D eigenvalue weighted by molar-refractivity contribution is 7.98. The van der Waals surface area contributed by atoms with E-state index in [0.717, 1.165) is 67.2 Å². The van der Waals surface area contributed by atoms with E-state index in [0.29, 0.717) is 28.7 Å². The molecule has 1 saturated heterocycles. The molecule has 242 valence electrons. The molecule has 0 bridgehead atoms. The molecule has 4 heterocycles. The van der Waals surface area contributed by atoms with Crippen molar-refractivity contribution in [1.29, 1.82) is 0 Å². The molecule has 0 spiro atoms. The number of aliphatic carboxylic acids is 1. The smallest absolute Gasteiger partial charge is 0.337 e. The van der Waals surface area contributed by atoms with Crippen LogP contribution in [0.15, 0.2) is 29.6 Å². The predicted molar refractivity (Wildman–Crippen MR) is 181 cm³/mol. The van der Waals surface area contributed by atoms with Crippen LogP contribution in [0.2, 0.25) is 0 Å². The Hall–Kier alpha value is -3.37. The van der Waals surface area contributed by atoms with Gasteiger partial charge in [0.1, 0.15) is 0 Å². The summed E-state index contributed by atoms with van der Waals surface area (Å²) in [4.78, 5) is 31.6. The van der Waals surface area contributed by atoms with Crippen LogP contribution in [0.4, 0.5) is 11.5 Å². The maximum absolute atomic E-state index is 12.8. The zero-order valence-corrected chi connectivity index (χ0v) is 29.0. The van der Waals surface area contributed by atoms with Gasteiger partial charge >= 0.3 is 5.97 Å². The van der Waals surface area contributed by atoms with Gasteiger partial charge in [0.2, 0.25) is 0 Å². The predicted octanol–water partition coefficient (Wildman–Crippen LogP) is 7.02. The number of aromatic nitrogens is 3. The summed E-state index contributed by atoms with van der Waals surface area (Å²) in [5.41, 5.74) is 7.33. The summed E-state index contributed by atoms with van der Waals surface area (Å²) >= 11 is 1.51. The topological polar surface area (TPSA) is 101 Å². The molecule has 0 aliphatic carbocycles. The van der Waals surface area contributed by atoms with Crippen molar-refractivity contribution in [3.8, 4) is 16.9 Å². The Balaban J connectivity index is 1.61. The van der Waals surface area contributed by atoms with Gasteiger partial charge in [-0.15, -0.1) is 0 Å². The number of hydrogen-bond donors (Lipinski definition) is 1. The van der Waals surface area contributed by atoms with E-state index < -0.39 is 17.7 Å². The minimum atomic E-state index is -1.14. The van der Waals surface area contributed by atoms with Crippen LogP contribution in [0.25, 0.3) is 11.1 Å². The first-order valence-electron chi connectivity index (χ1n) is 15.7. The fraction of sp³-hybridized carbons (Fsp3) is 0.543. The van der Waals surface area contributed by atoms with E-state index in [4.69, 9.17) is 19.4 Å². The van der Waals surface area contributed by atoms with Crippen LogP contribution in [0, 0.1) is 19.3 Å². The summed E-state index contributed by atoms with van der Waals surface area (Å²) in [6.45, 7) is 17.5. The van der Waals surface area contributed by atoms with E-state index in [-0.39, 0.29) is 5.41 Å². The quantitative estimate of drug-likeness (QED) is 0.206. The molecule has 9 nitrogen and oxygen atoms in total. The zero-order valence-electron chi connectivity index (χ0n) is 28.2. The number of carboxylic acid groups (broad SMARTS) is 1.